The van der Waals surface area contributed by atoms with Crippen molar-refractivity contribution in [1.82, 2.24) is 4.98 Å². The van der Waals surface area contributed by atoms with E-state index in [4.69, 9.17) is 5.11 Å². The van der Waals surface area contributed by atoms with Gasteiger partial charge < -0.3 is 10.0 Å². The predicted molar refractivity (Wildman–Crippen MR) is 97.1 cm³/mol. The number of benzene rings is 1. The summed E-state index contributed by atoms with van der Waals surface area (Å²) in [4.78, 5) is 17.5. The average Bonchev–Trinajstić information content (AvgIpc) is 3.01. The fourth-order valence-electron chi connectivity index (χ4n) is 2.72. The van der Waals surface area contributed by atoms with E-state index >= 15 is 0 Å². The molecule has 0 aliphatic carbocycles. The molecule has 0 saturated carbocycles. The van der Waals surface area contributed by atoms with Crippen molar-refractivity contribution in [3.05, 3.63) is 40.9 Å². The summed E-state index contributed by atoms with van der Waals surface area (Å²) < 4.78 is 0. The smallest absolute Gasteiger partial charge is 0.306 e. The van der Waals surface area contributed by atoms with Crippen molar-refractivity contribution < 1.29 is 9.90 Å². The molecule has 1 aliphatic rings. The highest BCUT2D eigenvalue weighted by Crippen LogP contribution is 2.23. The van der Waals surface area contributed by atoms with Gasteiger partial charge in [-0.3, -0.25) is 10.2 Å². The van der Waals surface area contributed by atoms with E-state index in [9.17, 15) is 4.79 Å². The summed E-state index contributed by atoms with van der Waals surface area (Å²) in [5.74, 6) is -0.877. The molecule has 1 aromatic heterocycles. The minimum atomic E-state index is -0.677. The first-order chi connectivity index (χ1) is 11.6. The van der Waals surface area contributed by atoms with Crippen molar-refractivity contribution >= 4 is 34.3 Å². The fraction of sp³-hybridized carbons (Fsp3) is 0.353. The number of thiazole rings is 1. The largest absolute Gasteiger partial charge is 0.481 e. The summed E-state index contributed by atoms with van der Waals surface area (Å²) in [6.45, 7) is 3.52. The van der Waals surface area contributed by atoms with Crippen molar-refractivity contribution in [2.24, 2.45) is 11.0 Å². The Bertz CT molecular complexity index is 718. The molecule has 2 heterocycles. The third-order valence-corrected chi connectivity index (χ3v) is 4.96. The lowest BCUT2D eigenvalue weighted by Gasteiger charge is -2.31. The number of hydrazone groups is 1. The summed E-state index contributed by atoms with van der Waals surface area (Å²) in [6.07, 6.45) is 3.17. The second-order valence-corrected chi connectivity index (χ2v) is 6.71. The average molecular weight is 344 g/mol. The van der Waals surface area contributed by atoms with E-state index in [0.29, 0.717) is 12.8 Å². The number of hydrogen-bond acceptors (Lipinski definition) is 6. The number of piperidine rings is 1. The minimum Gasteiger partial charge on any atom is -0.481 e. The first-order valence-corrected chi connectivity index (χ1v) is 8.79. The molecule has 7 heteroatoms. The topological polar surface area (TPSA) is 77.8 Å². The zero-order valence-electron chi connectivity index (χ0n) is 13.5. The molecule has 6 nitrogen and oxygen atoms in total. The van der Waals surface area contributed by atoms with Crippen LogP contribution in [0.2, 0.25) is 0 Å². The van der Waals surface area contributed by atoms with Crippen LogP contribution in [0.5, 0.6) is 0 Å². The van der Waals surface area contributed by atoms with Crippen molar-refractivity contribution in [3.63, 3.8) is 0 Å². The van der Waals surface area contributed by atoms with Crippen LogP contribution in [0.3, 0.4) is 0 Å². The molecule has 2 N–H and O–H groups in total. The number of nitrogens with zero attached hydrogens (tertiary/aromatic N) is 3. The molecule has 3 rings (SSSR count). The Hall–Kier alpha value is -2.41. The second-order valence-electron chi connectivity index (χ2n) is 5.86. The molecule has 1 saturated heterocycles. The maximum absolute atomic E-state index is 11.0. The highest BCUT2D eigenvalue weighted by Gasteiger charge is 2.24. The molecule has 0 unspecified atom stereocenters. The molecule has 126 valence electrons. The van der Waals surface area contributed by atoms with Crippen LogP contribution in [-0.4, -0.2) is 35.4 Å². The van der Waals surface area contributed by atoms with Crippen LogP contribution >= 0.6 is 11.3 Å². The number of carboxylic acids is 1. The van der Waals surface area contributed by atoms with Crippen molar-refractivity contribution in [2.45, 2.75) is 19.8 Å². The van der Waals surface area contributed by atoms with Gasteiger partial charge in [-0.1, -0.05) is 12.1 Å². The molecule has 0 bridgehead atoms. The zero-order valence-corrected chi connectivity index (χ0v) is 14.3. The Kier molecular flexibility index (Phi) is 5.10. The van der Waals surface area contributed by atoms with E-state index in [0.717, 1.165) is 35.2 Å². The molecule has 1 aromatic carbocycles. The fourth-order valence-corrected chi connectivity index (χ4v) is 3.36. The van der Waals surface area contributed by atoms with Gasteiger partial charge >= 0.3 is 5.97 Å². The molecule has 0 amide bonds. The van der Waals surface area contributed by atoms with Crippen molar-refractivity contribution in [2.75, 3.05) is 23.4 Å². The second kappa shape index (κ2) is 7.44. The highest BCUT2D eigenvalue weighted by molar-refractivity contribution is 7.13. The minimum absolute atomic E-state index is 0.201. The summed E-state index contributed by atoms with van der Waals surface area (Å²) >= 11 is 1.52. The van der Waals surface area contributed by atoms with Gasteiger partial charge in [0.25, 0.3) is 0 Å². The molecule has 24 heavy (non-hydrogen) atoms. The summed E-state index contributed by atoms with van der Waals surface area (Å²) in [7, 11) is 0. The van der Waals surface area contributed by atoms with Crippen LogP contribution in [0.15, 0.2) is 34.7 Å². The number of rotatable bonds is 5. The number of anilines is 2. The maximum Gasteiger partial charge on any atom is 0.306 e. The van der Waals surface area contributed by atoms with Crippen molar-refractivity contribution in [3.8, 4) is 0 Å². The molecule has 0 atom stereocenters. The van der Waals surface area contributed by atoms with Gasteiger partial charge in [-0.05, 0) is 37.5 Å². The van der Waals surface area contributed by atoms with Crippen LogP contribution in [0.4, 0.5) is 10.8 Å². The number of hydrogen-bond donors (Lipinski definition) is 2. The lowest BCUT2D eigenvalue weighted by Crippen LogP contribution is -2.36. The number of aryl methyl sites for hydroxylation is 1. The summed E-state index contributed by atoms with van der Waals surface area (Å²) in [5.41, 5.74) is 6.02. The summed E-state index contributed by atoms with van der Waals surface area (Å²) in [5, 5.41) is 16.0. The lowest BCUT2D eigenvalue weighted by atomic mass is 9.96. The molecule has 1 aliphatic heterocycles. The molecular formula is C17H20N4O2S. The van der Waals surface area contributed by atoms with E-state index in [2.05, 4.69) is 32.5 Å². The van der Waals surface area contributed by atoms with Crippen molar-refractivity contribution in [1.29, 1.82) is 0 Å². The number of carbonyl (C=O) groups is 1. The van der Waals surface area contributed by atoms with Crippen LogP contribution in [0.1, 0.15) is 24.1 Å². The quantitative estimate of drug-likeness (QED) is 0.643. The Morgan fingerprint density at radius 1 is 1.38 bits per heavy atom. The maximum atomic E-state index is 11.0. The van der Waals surface area contributed by atoms with E-state index < -0.39 is 5.97 Å². The summed E-state index contributed by atoms with van der Waals surface area (Å²) in [6, 6.07) is 8.12. The van der Waals surface area contributed by atoms with E-state index in [1.807, 2.05) is 24.4 Å². The SMILES string of the molecule is Cc1csc(NN=Cc2ccc(N3CCC(C(=O)O)CC3)cc2)n1. The van der Waals surface area contributed by atoms with Crippen LogP contribution in [0, 0.1) is 12.8 Å². The number of carboxylic acid groups (broad SMARTS) is 1. The van der Waals surface area contributed by atoms with Crippen LogP contribution < -0.4 is 10.3 Å². The Morgan fingerprint density at radius 3 is 2.67 bits per heavy atom. The van der Waals surface area contributed by atoms with Gasteiger partial charge in [0.05, 0.1) is 17.8 Å². The monoisotopic (exact) mass is 344 g/mol. The van der Waals surface area contributed by atoms with E-state index in [1.165, 1.54) is 11.3 Å². The van der Waals surface area contributed by atoms with Gasteiger partial charge in [0.2, 0.25) is 5.13 Å². The number of aromatic nitrogens is 1. The normalized spacial score (nSPS) is 15.8. The Morgan fingerprint density at radius 2 is 2.08 bits per heavy atom. The van der Waals surface area contributed by atoms with E-state index in [1.54, 1.807) is 6.21 Å². The van der Waals surface area contributed by atoms with Crippen LogP contribution in [-0.2, 0) is 4.79 Å². The molecule has 2 aromatic rings. The van der Waals surface area contributed by atoms with Gasteiger partial charge in [0.1, 0.15) is 0 Å². The lowest BCUT2D eigenvalue weighted by molar-refractivity contribution is -0.142. The first-order valence-electron chi connectivity index (χ1n) is 7.91. The third-order valence-electron chi connectivity index (χ3n) is 4.10. The van der Waals surface area contributed by atoms with Gasteiger partial charge in [0, 0.05) is 24.2 Å². The predicted octanol–water partition coefficient (Wildman–Crippen LogP) is 3.20. The number of nitrogens with one attached hydrogen (secondary N) is 1. The van der Waals surface area contributed by atoms with Gasteiger partial charge in [-0.2, -0.15) is 5.10 Å². The number of aliphatic carboxylic acids is 1. The van der Waals surface area contributed by atoms with Gasteiger partial charge in [-0.15, -0.1) is 11.3 Å². The van der Waals surface area contributed by atoms with E-state index in [-0.39, 0.29) is 5.92 Å². The Balaban J connectivity index is 1.54. The first kappa shape index (κ1) is 16.4. The molecule has 1 fully saturated rings. The van der Waals surface area contributed by atoms with Gasteiger partial charge in [-0.25, -0.2) is 4.98 Å². The molecule has 0 spiro atoms. The molecule has 0 radical (unpaired) electrons. The third kappa shape index (κ3) is 4.11. The zero-order chi connectivity index (χ0) is 16.9. The van der Waals surface area contributed by atoms with Crippen LogP contribution in [0.25, 0.3) is 0 Å². The molecular weight excluding hydrogens is 324 g/mol. The Labute approximate surface area is 144 Å². The highest BCUT2D eigenvalue weighted by atomic mass is 32.1. The standard InChI is InChI=1S/C17H20N4O2S/c1-12-11-24-17(19-12)20-18-10-13-2-4-15(5-3-13)21-8-6-14(7-9-21)16(22)23/h2-5,10-11,14H,6-9H2,1H3,(H,19,20)(H,22,23). The van der Waals surface area contributed by atoms with Gasteiger partial charge in [0.15, 0.2) is 0 Å².